The van der Waals surface area contributed by atoms with E-state index in [2.05, 4.69) is 4.74 Å². The fraction of sp³-hybridized carbons (Fsp3) is 0.938. The van der Waals surface area contributed by atoms with Gasteiger partial charge in [-0.1, -0.05) is 78.1 Å². The van der Waals surface area contributed by atoms with Crippen molar-refractivity contribution in [1.82, 2.24) is 0 Å². The molecule has 0 amide bonds. The highest BCUT2D eigenvalue weighted by molar-refractivity contribution is 5.56. The fourth-order valence-electron chi connectivity index (χ4n) is 3.21. The molecular weight excluding hydrogens is 240 g/mol. The molecule has 0 unspecified atom stereocenters. The van der Waals surface area contributed by atoms with Gasteiger partial charge in [-0.25, -0.2) is 4.79 Å². The third-order valence-corrected chi connectivity index (χ3v) is 4.14. The van der Waals surface area contributed by atoms with E-state index in [9.17, 15) is 0 Å². The van der Waals surface area contributed by atoms with Crippen LogP contribution in [0.4, 0.5) is 4.79 Å². The van der Waals surface area contributed by atoms with Crippen molar-refractivity contribution in [3.8, 4) is 0 Å². The van der Waals surface area contributed by atoms with Gasteiger partial charge in [-0.2, -0.15) is 0 Å². The number of rotatable bonds is 1. The van der Waals surface area contributed by atoms with E-state index in [0.717, 1.165) is 18.9 Å². The summed E-state index contributed by atoms with van der Waals surface area (Å²) in [4.78, 5) is 9.15. The molecule has 2 aliphatic rings. The lowest BCUT2D eigenvalue weighted by atomic mass is 9.73. The topological polar surface area (TPSA) is 46.5 Å². The van der Waals surface area contributed by atoms with Crippen molar-refractivity contribution in [2.45, 2.75) is 78.1 Å². The molecule has 0 aromatic carbocycles. The SMILES string of the molecule is C1CCC(C2CCCCC2)CC1.CC.COC(=O)O. The zero-order valence-corrected chi connectivity index (χ0v) is 13.0. The molecule has 114 valence electrons. The minimum Gasteiger partial charge on any atom is -0.450 e. The van der Waals surface area contributed by atoms with Crippen LogP contribution in [0.25, 0.3) is 0 Å². The van der Waals surface area contributed by atoms with Gasteiger partial charge < -0.3 is 9.84 Å². The van der Waals surface area contributed by atoms with Gasteiger partial charge in [0, 0.05) is 0 Å². The highest BCUT2D eigenvalue weighted by Gasteiger charge is 2.24. The molecule has 0 aromatic rings. The zero-order valence-electron chi connectivity index (χ0n) is 13.0. The minimum atomic E-state index is -1.25. The number of hydrogen-bond donors (Lipinski definition) is 1. The van der Waals surface area contributed by atoms with Crippen LogP contribution in [0.2, 0.25) is 0 Å². The molecule has 0 atom stereocenters. The molecular formula is C16H32O3. The summed E-state index contributed by atoms with van der Waals surface area (Å²) >= 11 is 0. The van der Waals surface area contributed by atoms with E-state index < -0.39 is 6.16 Å². The number of carboxylic acid groups (broad SMARTS) is 1. The lowest BCUT2D eigenvalue weighted by Gasteiger charge is -2.32. The van der Waals surface area contributed by atoms with Crippen LogP contribution in [0, 0.1) is 11.8 Å². The largest absolute Gasteiger partial charge is 0.505 e. The zero-order chi connectivity index (χ0) is 14.5. The summed E-state index contributed by atoms with van der Waals surface area (Å²) in [6, 6.07) is 0. The van der Waals surface area contributed by atoms with E-state index >= 15 is 0 Å². The molecule has 0 radical (unpaired) electrons. The molecule has 2 rings (SSSR count). The second-order valence-corrected chi connectivity index (χ2v) is 5.27. The van der Waals surface area contributed by atoms with Crippen molar-refractivity contribution in [1.29, 1.82) is 0 Å². The quantitative estimate of drug-likeness (QED) is 0.642. The average molecular weight is 272 g/mol. The molecule has 0 aliphatic heterocycles. The molecule has 2 aliphatic carbocycles. The highest BCUT2D eigenvalue weighted by atomic mass is 16.6. The van der Waals surface area contributed by atoms with Gasteiger partial charge in [0.15, 0.2) is 0 Å². The van der Waals surface area contributed by atoms with Gasteiger partial charge >= 0.3 is 6.16 Å². The summed E-state index contributed by atoms with van der Waals surface area (Å²) in [5.74, 6) is 2.28. The highest BCUT2D eigenvalue weighted by Crippen LogP contribution is 2.37. The maximum atomic E-state index is 9.15. The standard InChI is InChI=1S/C12H22.C2H4O3.C2H6/c1-3-7-11(8-4-1)12-9-5-2-6-10-12;1-5-2(3)4;1-2/h11-12H,1-10H2;1H3,(H,3,4);1-2H3. The molecule has 2 fully saturated rings. The maximum Gasteiger partial charge on any atom is 0.505 e. The van der Waals surface area contributed by atoms with Crippen LogP contribution in [-0.2, 0) is 4.74 Å². The van der Waals surface area contributed by atoms with Crippen molar-refractivity contribution < 1.29 is 14.6 Å². The van der Waals surface area contributed by atoms with Gasteiger partial charge in [-0.3, -0.25) is 0 Å². The lowest BCUT2D eigenvalue weighted by molar-refractivity contribution is 0.114. The van der Waals surface area contributed by atoms with Gasteiger partial charge in [0.25, 0.3) is 0 Å². The predicted octanol–water partition coefficient (Wildman–Crippen LogP) is 5.48. The predicted molar refractivity (Wildman–Crippen MR) is 79.5 cm³/mol. The molecule has 1 N–H and O–H groups in total. The molecule has 19 heavy (non-hydrogen) atoms. The maximum absolute atomic E-state index is 9.15. The van der Waals surface area contributed by atoms with E-state index in [1.165, 1.54) is 38.5 Å². The molecule has 0 heterocycles. The number of methoxy groups -OCH3 is 1. The van der Waals surface area contributed by atoms with E-state index in [0.29, 0.717) is 0 Å². The van der Waals surface area contributed by atoms with Crippen molar-refractivity contribution in [2.24, 2.45) is 11.8 Å². The first-order chi connectivity index (χ1) is 9.24. The second-order valence-electron chi connectivity index (χ2n) is 5.27. The van der Waals surface area contributed by atoms with Crippen LogP contribution in [0.15, 0.2) is 0 Å². The summed E-state index contributed by atoms with van der Waals surface area (Å²) < 4.78 is 3.67. The monoisotopic (exact) mass is 272 g/mol. The fourth-order valence-corrected chi connectivity index (χ4v) is 3.21. The molecule has 3 heteroatoms. The van der Waals surface area contributed by atoms with Crippen LogP contribution < -0.4 is 0 Å². The Morgan fingerprint density at radius 2 is 1.11 bits per heavy atom. The molecule has 0 bridgehead atoms. The molecule has 0 spiro atoms. The average Bonchev–Trinajstić information content (AvgIpc) is 2.51. The first-order valence-electron chi connectivity index (χ1n) is 8.01. The minimum absolute atomic E-state index is 1.10. The van der Waals surface area contributed by atoms with Gasteiger partial charge in [0.2, 0.25) is 0 Å². The van der Waals surface area contributed by atoms with Crippen LogP contribution in [0.3, 0.4) is 0 Å². The van der Waals surface area contributed by atoms with Crippen LogP contribution in [0.1, 0.15) is 78.1 Å². The summed E-state index contributed by atoms with van der Waals surface area (Å²) in [7, 11) is 1.10. The molecule has 3 nitrogen and oxygen atoms in total. The van der Waals surface area contributed by atoms with Gasteiger partial charge in [0.05, 0.1) is 7.11 Å². The van der Waals surface area contributed by atoms with Crippen molar-refractivity contribution in [3.63, 3.8) is 0 Å². The first-order valence-corrected chi connectivity index (χ1v) is 8.01. The van der Waals surface area contributed by atoms with Crippen LogP contribution >= 0.6 is 0 Å². The van der Waals surface area contributed by atoms with Crippen molar-refractivity contribution in [3.05, 3.63) is 0 Å². The third kappa shape index (κ3) is 8.90. The number of hydrogen-bond acceptors (Lipinski definition) is 2. The summed E-state index contributed by atoms with van der Waals surface area (Å²) in [5, 5.41) is 7.50. The Morgan fingerprint density at radius 3 is 1.32 bits per heavy atom. The first kappa shape index (κ1) is 18.3. The van der Waals surface area contributed by atoms with Gasteiger partial charge in [0.1, 0.15) is 0 Å². The molecule has 2 saturated carbocycles. The van der Waals surface area contributed by atoms with Crippen molar-refractivity contribution in [2.75, 3.05) is 7.11 Å². The normalized spacial score (nSPS) is 20.4. The summed E-state index contributed by atoms with van der Waals surface area (Å²) in [5.41, 5.74) is 0. The third-order valence-electron chi connectivity index (χ3n) is 4.14. The smallest absolute Gasteiger partial charge is 0.450 e. The van der Waals surface area contributed by atoms with E-state index in [1.807, 2.05) is 13.8 Å². The molecule has 0 aromatic heterocycles. The van der Waals surface area contributed by atoms with E-state index in [1.54, 1.807) is 25.7 Å². The van der Waals surface area contributed by atoms with Crippen LogP contribution in [-0.4, -0.2) is 18.4 Å². The Kier molecular flexibility index (Phi) is 11.8. The number of carbonyl (C=O) groups is 1. The Morgan fingerprint density at radius 1 is 0.842 bits per heavy atom. The van der Waals surface area contributed by atoms with Gasteiger partial charge in [-0.05, 0) is 11.8 Å². The summed E-state index contributed by atoms with van der Waals surface area (Å²) in [6.07, 6.45) is 14.1. The van der Waals surface area contributed by atoms with Crippen LogP contribution in [0.5, 0.6) is 0 Å². The van der Waals surface area contributed by atoms with E-state index in [4.69, 9.17) is 9.90 Å². The second kappa shape index (κ2) is 12.3. The van der Waals surface area contributed by atoms with E-state index in [-0.39, 0.29) is 0 Å². The molecule has 0 saturated heterocycles. The summed E-state index contributed by atoms with van der Waals surface area (Å²) in [6.45, 7) is 4.00. The number of ether oxygens (including phenoxy) is 1. The lowest BCUT2D eigenvalue weighted by Crippen LogP contribution is -2.20. The van der Waals surface area contributed by atoms with Gasteiger partial charge in [-0.15, -0.1) is 0 Å². The van der Waals surface area contributed by atoms with Crippen molar-refractivity contribution >= 4 is 6.16 Å². The Labute approximate surface area is 118 Å². The Bertz CT molecular complexity index is 188. The Hall–Kier alpha value is -0.730. The Balaban J connectivity index is 0.000000396.